The van der Waals surface area contributed by atoms with E-state index in [9.17, 15) is 9.59 Å². The van der Waals surface area contributed by atoms with E-state index >= 15 is 0 Å². The highest BCUT2D eigenvalue weighted by Crippen LogP contribution is 2.33. The number of carbonyl (C=O) groups excluding carboxylic acids is 1. The maximum absolute atomic E-state index is 13.3. The smallest absolute Gasteiger partial charge is 0.266 e. The lowest BCUT2D eigenvalue weighted by molar-refractivity contribution is -0.110. The summed E-state index contributed by atoms with van der Waals surface area (Å²) in [7, 11) is 0. The summed E-state index contributed by atoms with van der Waals surface area (Å²) in [6, 6.07) is 22.4. The number of nitrogens with one attached hydrogen (secondary N) is 1. The third-order valence-electron chi connectivity index (χ3n) is 5.05. The van der Waals surface area contributed by atoms with Crippen LogP contribution in [0, 0.1) is 6.92 Å². The van der Waals surface area contributed by atoms with Crippen LogP contribution in [0.2, 0.25) is 0 Å². The SMILES string of the molecule is Cc1ccc2c(c1)C(=Cc1nc3ccccc3c(=O)n1-c1ccccc1)C(=O)N2. The molecule has 0 radical (unpaired) electrons. The average molecular weight is 379 g/mol. The van der Waals surface area contributed by atoms with E-state index in [0.717, 1.165) is 16.8 Å². The molecule has 29 heavy (non-hydrogen) atoms. The fraction of sp³-hybridized carbons (Fsp3) is 0.0417. The predicted molar refractivity (Wildman–Crippen MR) is 115 cm³/mol. The topological polar surface area (TPSA) is 64.0 Å². The minimum absolute atomic E-state index is 0.170. The molecule has 5 nitrogen and oxygen atoms in total. The van der Waals surface area contributed by atoms with E-state index in [4.69, 9.17) is 4.98 Å². The van der Waals surface area contributed by atoms with Crippen molar-refractivity contribution in [3.63, 3.8) is 0 Å². The van der Waals surface area contributed by atoms with Crippen molar-refractivity contribution < 1.29 is 4.79 Å². The Bertz CT molecular complexity index is 1370. The molecule has 1 aliphatic rings. The van der Waals surface area contributed by atoms with Gasteiger partial charge in [0.25, 0.3) is 11.5 Å². The number of hydrogen-bond acceptors (Lipinski definition) is 3. The van der Waals surface area contributed by atoms with Crippen LogP contribution in [-0.4, -0.2) is 15.5 Å². The van der Waals surface area contributed by atoms with Crippen LogP contribution in [0.4, 0.5) is 5.69 Å². The maximum Gasteiger partial charge on any atom is 0.266 e. The molecule has 140 valence electrons. The fourth-order valence-corrected chi connectivity index (χ4v) is 3.65. The van der Waals surface area contributed by atoms with E-state index in [1.807, 2.05) is 67.6 Å². The Morgan fingerprint density at radius 2 is 1.69 bits per heavy atom. The Labute approximate surface area is 167 Å². The molecular weight excluding hydrogens is 362 g/mol. The van der Waals surface area contributed by atoms with Crippen molar-refractivity contribution in [1.29, 1.82) is 0 Å². The van der Waals surface area contributed by atoms with E-state index < -0.39 is 0 Å². The molecule has 0 unspecified atom stereocenters. The minimum Gasteiger partial charge on any atom is -0.321 e. The molecule has 1 N–H and O–H groups in total. The van der Waals surface area contributed by atoms with Gasteiger partial charge >= 0.3 is 0 Å². The number of aryl methyl sites for hydroxylation is 1. The summed E-state index contributed by atoms with van der Waals surface area (Å²) in [5.41, 5.74) is 4.26. The Morgan fingerprint density at radius 1 is 0.931 bits per heavy atom. The molecule has 3 aromatic carbocycles. The van der Waals surface area contributed by atoms with Crippen molar-refractivity contribution in [2.24, 2.45) is 0 Å². The number of carbonyl (C=O) groups is 1. The molecule has 0 fully saturated rings. The van der Waals surface area contributed by atoms with Crippen molar-refractivity contribution in [3.8, 4) is 5.69 Å². The first-order chi connectivity index (χ1) is 14.1. The normalized spacial score (nSPS) is 14.2. The van der Waals surface area contributed by atoms with Gasteiger partial charge in [0, 0.05) is 11.3 Å². The third-order valence-corrected chi connectivity index (χ3v) is 5.05. The molecule has 4 aromatic rings. The van der Waals surface area contributed by atoms with Crippen LogP contribution in [0.1, 0.15) is 17.0 Å². The van der Waals surface area contributed by atoms with Gasteiger partial charge in [0.05, 0.1) is 22.2 Å². The molecule has 0 saturated carbocycles. The highest BCUT2D eigenvalue weighted by atomic mass is 16.2. The number of aromatic nitrogens is 2. The van der Waals surface area contributed by atoms with Crippen LogP contribution in [0.15, 0.2) is 77.6 Å². The van der Waals surface area contributed by atoms with Crippen LogP contribution in [-0.2, 0) is 4.79 Å². The zero-order chi connectivity index (χ0) is 20.0. The van der Waals surface area contributed by atoms with Gasteiger partial charge < -0.3 is 5.32 Å². The van der Waals surface area contributed by atoms with E-state index in [0.29, 0.717) is 28.0 Å². The van der Waals surface area contributed by atoms with Gasteiger partial charge in [0.2, 0.25) is 0 Å². The molecule has 0 spiro atoms. The quantitative estimate of drug-likeness (QED) is 0.531. The van der Waals surface area contributed by atoms with Gasteiger partial charge in [0.1, 0.15) is 5.82 Å². The maximum atomic E-state index is 13.3. The molecule has 5 rings (SSSR count). The van der Waals surface area contributed by atoms with E-state index in [1.54, 1.807) is 22.8 Å². The van der Waals surface area contributed by atoms with Gasteiger partial charge in [-0.05, 0) is 49.4 Å². The lowest BCUT2D eigenvalue weighted by Crippen LogP contribution is -2.22. The summed E-state index contributed by atoms with van der Waals surface area (Å²) in [5, 5.41) is 3.42. The number of para-hydroxylation sites is 2. The highest BCUT2D eigenvalue weighted by Gasteiger charge is 2.25. The van der Waals surface area contributed by atoms with Crippen molar-refractivity contribution >= 4 is 34.1 Å². The molecule has 1 aliphatic heterocycles. The Balaban J connectivity index is 1.82. The number of anilines is 1. The molecule has 1 amide bonds. The number of benzene rings is 3. The molecular formula is C24H17N3O2. The summed E-state index contributed by atoms with van der Waals surface area (Å²) in [5.74, 6) is 0.215. The van der Waals surface area contributed by atoms with E-state index in [1.165, 1.54) is 0 Å². The summed E-state index contributed by atoms with van der Waals surface area (Å²) in [6.07, 6.45) is 1.70. The lowest BCUT2D eigenvalue weighted by atomic mass is 10.0. The molecule has 1 aromatic heterocycles. The van der Waals surface area contributed by atoms with Crippen molar-refractivity contribution in [2.75, 3.05) is 5.32 Å². The van der Waals surface area contributed by atoms with Gasteiger partial charge in [-0.2, -0.15) is 0 Å². The first-order valence-electron chi connectivity index (χ1n) is 9.33. The van der Waals surface area contributed by atoms with Crippen molar-refractivity contribution in [1.82, 2.24) is 9.55 Å². The zero-order valence-corrected chi connectivity index (χ0v) is 15.7. The predicted octanol–water partition coefficient (Wildman–Crippen LogP) is 4.19. The summed E-state index contributed by atoms with van der Waals surface area (Å²) in [6.45, 7) is 1.98. The first kappa shape index (κ1) is 17.1. The van der Waals surface area contributed by atoms with Gasteiger partial charge in [-0.25, -0.2) is 4.98 Å². The largest absolute Gasteiger partial charge is 0.321 e. The van der Waals surface area contributed by atoms with Crippen LogP contribution in [0.25, 0.3) is 28.2 Å². The number of fused-ring (bicyclic) bond motifs is 2. The minimum atomic E-state index is -0.201. The van der Waals surface area contributed by atoms with Gasteiger partial charge in [-0.1, -0.05) is 42.0 Å². The van der Waals surface area contributed by atoms with Crippen molar-refractivity contribution in [2.45, 2.75) is 6.92 Å². The van der Waals surface area contributed by atoms with Gasteiger partial charge in [0.15, 0.2) is 0 Å². The molecule has 0 bridgehead atoms. The van der Waals surface area contributed by atoms with Crippen LogP contribution in [0.5, 0.6) is 0 Å². The van der Waals surface area contributed by atoms with Crippen LogP contribution in [0.3, 0.4) is 0 Å². The summed E-state index contributed by atoms with van der Waals surface area (Å²) in [4.78, 5) is 30.7. The molecule has 0 saturated heterocycles. The third kappa shape index (κ3) is 2.84. The number of amides is 1. The Hall–Kier alpha value is -3.99. The Morgan fingerprint density at radius 3 is 2.52 bits per heavy atom. The molecule has 0 aliphatic carbocycles. The van der Waals surface area contributed by atoms with Crippen molar-refractivity contribution in [3.05, 3.63) is 100 Å². The summed E-state index contributed by atoms with van der Waals surface area (Å²) < 4.78 is 1.55. The molecule has 5 heteroatoms. The monoisotopic (exact) mass is 379 g/mol. The Kier molecular flexibility index (Phi) is 3.88. The first-order valence-corrected chi connectivity index (χ1v) is 9.33. The second kappa shape index (κ2) is 6.56. The summed E-state index contributed by atoms with van der Waals surface area (Å²) >= 11 is 0. The van der Waals surface area contributed by atoms with E-state index in [2.05, 4.69) is 5.32 Å². The fourth-order valence-electron chi connectivity index (χ4n) is 3.65. The lowest BCUT2D eigenvalue weighted by Gasteiger charge is -2.12. The highest BCUT2D eigenvalue weighted by molar-refractivity contribution is 6.34. The van der Waals surface area contributed by atoms with Crippen LogP contribution < -0.4 is 10.9 Å². The second-order valence-corrected chi connectivity index (χ2v) is 7.02. The average Bonchev–Trinajstić information content (AvgIpc) is 3.03. The number of nitrogens with zero attached hydrogens (tertiary/aromatic N) is 2. The number of rotatable bonds is 2. The molecule has 2 heterocycles. The van der Waals surface area contributed by atoms with Gasteiger partial charge in [-0.3, -0.25) is 14.2 Å². The molecule has 0 atom stereocenters. The van der Waals surface area contributed by atoms with E-state index in [-0.39, 0.29) is 11.5 Å². The second-order valence-electron chi connectivity index (χ2n) is 7.02. The van der Waals surface area contributed by atoms with Crippen LogP contribution >= 0.6 is 0 Å². The standard InChI is InChI=1S/C24H17N3O2/c1-15-11-12-21-18(13-15)19(23(28)26-21)14-22-25-20-10-6-5-9-17(20)24(29)27(22)16-7-3-2-4-8-16/h2-14H,1H3,(H,26,28). The van der Waals surface area contributed by atoms with Gasteiger partial charge in [-0.15, -0.1) is 0 Å². The number of hydrogen-bond donors (Lipinski definition) is 1. The zero-order valence-electron chi connectivity index (χ0n) is 15.7.